The molecule has 5 aromatic rings. The van der Waals surface area contributed by atoms with Crippen LogP contribution in [0.15, 0.2) is 83.6 Å². The zero-order valence-corrected chi connectivity index (χ0v) is 14.4. The molecule has 4 heteroatoms. The Labute approximate surface area is 154 Å². The average Bonchev–Trinajstić information content (AvgIpc) is 3.12. The quantitative estimate of drug-likeness (QED) is 0.369. The fourth-order valence-electron chi connectivity index (χ4n) is 3.35. The molecular weight excluding hydrogens is 344 g/mol. The first-order valence-corrected chi connectivity index (χ1v) is 8.67. The summed E-state index contributed by atoms with van der Waals surface area (Å²) in [6.07, 6.45) is 3.74. The van der Waals surface area contributed by atoms with E-state index in [1.165, 1.54) is 0 Å². The van der Waals surface area contributed by atoms with E-state index < -0.39 is 0 Å². The minimum Gasteiger partial charge on any atom is -0.355 e. The largest absolute Gasteiger partial charge is 0.355 e. The third kappa shape index (κ3) is 2.29. The lowest BCUT2D eigenvalue weighted by Gasteiger charge is -2.06. The molecule has 3 aromatic carbocycles. The molecule has 0 saturated heterocycles. The van der Waals surface area contributed by atoms with Crippen LogP contribution in [-0.2, 0) is 0 Å². The highest BCUT2D eigenvalue weighted by atomic mass is 35.5. The van der Waals surface area contributed by atoms with Gasteiger partial charge in [0, 0.05) is 34.5 Å². The number of fused-ring (bicyclic) bond motifs is 2. The lowest BCUT2D eigenvalue weighted by atomic mass is 9.98. The standard InChI is InChI=1S/C22H13ClN2O/c23-20-11-4-3-8-17(20)21-18-10-5-9-16(22(18)26-25-21)19-13-24-12-14-6-1-2-7-15(14)19/h1-13H. The summed E-state index contributed by atoms with van der Waals surface area (Å²) in [5.41, 5.74) is 4.34. The number of benzene rings is 3. The van der Waals surface area contributed by atoms with Gasteiger partial charge in [0.2, 0.25) is 0 Å². The second kappa shape index (κ2) is 5.97. The van der Waals surface area contributed by atoms with E-state index in [2.05, 4.69) is 22.3 Å². The third-order valence-electron chi connectivity index (χ3n) is 4.59. The maximum absolute atomic E-state index is 6.36. The fraction of sp³-hybridized carbons (Fsp3) is 0. The van der Waals surface area contributed by atoms with E-state index in [1.54, 1.807) is 0 Å². The molecule has 0 fully saturated rings. The maximum Gasteiger partial charge on any atom is 0.175 e. The summed E-state index contributed by atoms with van der Waals surface area (Å²) < 4.78 is 5.76. The summed E-state index contributed by atoms with van der Waals surface area (Å²) in [4.78, 5) is 4.39. The Bertz CT molecular complexity index is 1250. The third-order valence-corrected chi connectivity index (χ3v) is 4.92. The van der Waals surface area contributed by atoms with E-state index in [9.17, 15) is 0 Å². The van der Waals surface area contributed by atoms with Gasteiger partial charge in [0.15, 0.2) is 5.58 Å². The number of pyridine rings is 1. The van der Waals surface area contributed by atoms with Crippen molar-refractivity contribution in [1.82, 2.24) is 10.1 Å². The number of hydrogen-bond acceptors (Lipinski definition) is 3. The Hall–Kier alpha value is -3.17. The molecule has 0 N–H and O–H groups in total. The van der Waals surface area contributed by atoms with Crippen molar-refractivity contribution in [1.29, 1.82) is 0 Å². The van der Waals surface area contributed by atoms with Crippen LogP contribution in [0, 0.1) is 0 Å². The molecule has 5 rings (SSSR count). The topological polar surface area (TPSA) is 38.9 Å². The summed E-state index contributed by atoms with van der Waals surface area (Å²) in [6.45, 7) is 0. The summed E-state index contributed by atoms with van der Waals surface area (Å²) in [5, 5.41) is 8.12. The van der Waals surface area contributed by atoms with Gasteiger partial charge in [-0.3, -0.25) is 4.98 Å². The van der Waals surface area contributed by atoms with E-state index in [4.69, 9.17) is 16.1 Å². The Morgan fingerprint density at radius 2 is 1.46 bits per heavy atom. The second-order valence-electron chi connectivity index (χ2n) is 6.10. The van der Waals surface area contributed by atoms with Gasteiger partial charge < -0.3 is 4.52 Å². The number of para-hydroxylation sites is 1. The minimum absolute atomic E-state index is 0.653. The van der Waals surface area contributed by atoms with Gasteiger partial charge in [-0.25, -0.2) is 0 Å². The first-order chi connectivity index (χ1) is 12.8. The van der Waals surface area contributed by atoms with Gasteiger partial charge in [-0.1, -0.05) is 71.4 Å². The van der Waals surface area contributed by atoms with Crippen molar-refractivity contribution >= 4 is 33.3 Å². The number of rotatable bonds is 2. The summed E-state index contributed by atoms with van der Waals surface area (Å²) >= 11 is 6.36. The zero-order chi connectivity index (χ0) is 17.5. The Morgan fingerprint density at radius 3 is 2.38 bits per heavy atom. The van der Waals surface area contributed by atoms with Gasteiger partial charge >= 0.3 is 0 Å². The second-order valence-corrected chi connectivity index (χ2v) is 6.51. The molecule has 2 heterocycles. The fourth-order valence-corrected chi connectivity index (χ4v) is 3.58. The molecule has 0 saturated carbocycles. The Kier molecular flexibility index (Phi) is 3.47. The van der Waals surface area contributed by atoms with Crippen LogP contribution < -0.4 is 0 Å². The molecule has 0 aliphatic rings. The van der Waals surface area contributed by atoms with Crippen LogP contribution in [0.4, 0.5) is 0 Å². The Balaban J connectivity index is 1.80. The van der Waals surface area contributed by atoms with Crippen LogP contribution in [0.5, 0.6) is 0 Å². The molecule has 0 radical (unpaired) electrons. The monoisotopic (exact) mass is 356 g/mol. The molecule has 2 aromatic heterocycles. The predicted octanol–water partition coefficient (Wildman–Crippen LogP) is 6.36. The van der Waals surface area contributed by atoms with Crippen LogP contribution in [0.1, 0.15) is 0 Å². The smallest absolute Gasteiger partial charge is 0.175 e. The molecule has 124 valence electrons. The first kappa shape index (κ1) is 15.1. The average molecular weight is 357 g/mol. The highest BCUT2D eigenvalue weighted by Crippen LogP contribution is 2.38. The number of aromatic nitrogens is 2. The van der Waals surface area contributed by atoms with Crippen LogP contribution in [0.3, 0.4) is 0 Å². The molecule has 0 atom stereocenters. The molecule has 3 nitrogen and oxygen atoms in total. The van der Waals surface area contributed by atoms with E-state index in [0.717, 1.165) is 44.1 Å². The first-order valence-electron chi connectivity index (χ1n) is 8.29. The van der Waals surface area contributed by atoms with Gasteiger partial charge in [-0.2, -0.15) is 0 Å². The summed E-state index contributed by atoms with van der Waals surface area (Å²) in [5.74, 6) is 0. The molecular formula is C22H13ClN2O. The van der Waals surface area contributed by atoms with Crippen molar-refractivity contribution in [2.75, 3.05) is 0 Å². The van der Waals surface area contributed by atoms with Crippen molar-refractivity contribution in [2.45, 2.75) is 0 Å². The molecule has 0 bridgehead atoms. The van der Waals surface area contributed by atoms with E-state index >= 15 is 0 Å². The molecule has 0 aliphatic carbocycles. The molecule has 0 amide bonds. The predicted molar refractivity (Wildman–Crippen MR) is 105 cm³/mol. The van der Waals surface area contributed by atoms with Crippen molar-refractivity contribution in [2.24, 2.45) is 0 Å². The number of halogens is 1. The van der Waals surface area contributed by atoms with Crippen molar-refractivity contribution in [3.8, 4) is 22.4 Å². The van der Waals surface area contributed by atoms with Crippen molar-refractivity contribution in [3.05, 3.63) is 84.1 Å². The van der Waals surface area contributed by atoms with Crippen molar-refractivity contribution < 1.29 is 4.52 Å². The molecule has 0 unspecified atom stereocenters. The SMILES string of the molecule is Clc1ccccc1-c1noc2c(-c3cncc4ccccc34)cccc12. The molecule has 0 spiro atoms. The van der Waals surface area contributed by atoms with Crippen LogP contribution in [0.2, 0.25) is 5.02 Å². The molecule has 26 heavy (non-hydrogen) atoms. The van der Waals surface area contributed by atoms with Gasteiger partial charge in [0.1, 0.15) is 5.69 Å². The normalized spacial score (nSPS) is 11.3. The molecule has 0 aliphatic heterocycles. The summed E-state index contributed by atoms with van der Waals surface area (Å²) in [7, 11) is 0. The highest BCUT2D eigenvalue weighted by Gasteiger charge is 2.17. The lowest BCUT2D eigenvalue weighted by Crippen LogP contribution is -1.85. The van der Waals surface area contributed by atoms with Crippen LogP contribution >= 0.6 is 11.6 Å². The lowest BCUT2D eigenvalue weighted by molar-refractivity contribution is 0.460. The van der Waals surface area contributed by atoms with Gasteiger partial charge in [-0.05, 0) is 17.5 Å². The van der Waals surface area contributed by atoms with E-state index in [1.807, 2.05) is 67.0 Å². The highest BCUT2D eigenvalue weighted by molar-refractivity contribution is 6.33. The number of nitrogens with zero attached hydrogens (tertiary/aromatic N) is 2. The van der Waals surface area contributed by atoms with Crippen LogP contribution in [-0.4, -0.2) is 10.1 Å². The minimum atomic E-state index is 0.653. The van der Waals surface area contributed by atoms with E-state index in [0.29, 0.717) is 5.02 Å². The van der Waals surface area contributed by atoms with Crippen molar-refractivity contribution in [3.63, 3.8) is 0 Å². The zero-order valence-electron chi connectivity index (χ0n) is 13.7. The maximum atomic E-state index is 6.36. The van der Waals surface area contributed by atoms with Crippen LogP contribution in [0.25, 0.3) is 44.1 Å². The van der Waals surface area contributed by atoms with Gasteiger partial charge in [0.25, 0.3) is 0 Å². The van der Waals surface area contributed by atoms with Gasteiger partial charge in [-0.15, -0.1) is 0 Å². The van der Waals surface area contributed by atoms with E-state index in [-0.39, 0.29) is 0 Å². The van der Waals surface area contributed by atoms with Gasteiger partial charge in [0.05, 0.1) is 10.4 Å². The Morgan fingerprint density at radius 1 is 0.692 bits per heavy atom. The summed E-state index contributed by atoms with van der Waals surface area (Å²) in [6, 6.07) is 21.9. The number of hydrogen-bond donors (Lipinski definition) is 0.